The topological polar surface area (TPSA) is 169 Å². The van der Waals surface area contributed by atoms with Crippen molar-refractivity contribution in [3.05, 3.63) is 59.7 Å². The summed E-state index contributed by atoms with van der Waals surface area (Å²) in [7, 11) is 0. The van der Waals surface area contributed by atoms with E-state index >= 15 is 0 Å². The summed E-state index contributed by atoms with van der Waals surface area (Å²) in [5, 5.41) is 54.8. The summed E-state index contributed by atoms with van der Waals surface area (Å²) < 4.78 is 5.16. The molecule has 1 unspecified atom stereocenters. The predicted octanol–water partition coefficient (Wildman–Crippen LogP) is -0.933. The highest BCUT2D eigenvalue weighted by Crippen LogP contribution is 2.29. The van der Waals surface area contributed by atoms with Gasteiger partial charge in [0.1, 0.15) is 23.7 Å². The number of carbonyl (C=O) groups is 2. The van der Waals surface area contributed by atoms with Crippen LogP contribution >= 0.6 is 0 Å². The molecule has 0 aliphatic carbocycles. The van der Waals surface area contributed by atoms with E-state index in [4.69, 9.17) is 4.74 Å². The molecule has 2 aromatic carbocycles. The van der Waals surface area contributed by atoms with Crippen molar-refractivity contribution in [2.75, 3.05) is 13.1 Å². The van der Waals surface area contributed by atoms with Crippen molar-refractivity contribution in [3.63, 3.8) is 0 Å². The molecule has 3 rings (SSSR count). The monoisotopic (exact) mass is 418 g/mol. The van der Waals surface area contributed by atoms with Crippen LogP contribution in [0.2, 0.25) is 0 Å². The van der Waals surface area contributed by atoms with E-state index in [-0.39, 0.29) is 29.2 Å². The van der Waals surface area contributed by atoms with Crippen molar-refractivity contribution < 1.29 is 39.9 Å². The number of aliphatic hydroxyl groups is 3. The number of carbonyl (C=O) groups excluding carboxylic acids is 2. The first-order valence-electron chi connectivity index (χ1n) is 9.09. The fourth-order valence-corrected chi connectivity index (χ4v) is 3.09. The van der Waals surface area contributed by atoms with Crippen molar-refractivity contribution in [1.82, 2.24) is 10.6 Å². The third kappa shape index (κ3) is 4.52. The fraction of sp³-hybridized carbons (Fsp3) is 0.300. The van der Waals surface area contributed by atoms with E-state index < -0.39 is 42.5 Å². The SMILES string of the molecule is O=C(NC[C@H]1OC(O)[C@@](O)(CNC(=O)c2cccc(O)c2)[C@@H]1O)c1cccc(O)c1. The maximum Gasteiger partial charge on any atom is 0.251 e. The number of hydrogen-bond donors (Lipinski definition) is 7. The van der Waals surface area contributed by atoms with Crippen LogP contribution in [-0.4, -0.2) is 74.5 Å². The number of aliphatic hydroxyl groups excluding tert-OH is 2. The maximum atomic E-state index is 12.2. The van der Waals surface area contributed by atoms with Gasteiger partial charge in [-0.15, -0.1) is 0 Å². The van der Waals surface area contributed by atoms with Gasteiger partial charge in [-0.2, -0.15) is 0 Å². The van der Waals surface area contributed by atoms with Gasteiger partial charge in [-0.3, -0.25) is 9.59 Å². The van der Waals surface area contributed by atoms with Crippen LogP contribution in [-0.2, 0) is 4.74 Å². The number of rotatable bonds is 6. The molecule has 0 bridgehead atoms. The summed E-state index contributed by atoms with van der Waals surface area (Å²) in [6.45, 7) is -0.781. The largest absolute Gasteiger partial charge is 0.508 e. The summed E-state index contributed by atoms with van der Waals surface area (Å²) in [5.41, 5.74) is -1.92. The number of nitrogens with one attached hydrogen (secondary N) is 2. The van der Waals surface area contributed by atoms with Gasteiger partial charge in [0.2, 0.25) is 0 Å². The fourth-order valence-electron chi connectivity index (χ4n) is 3.09. The highest BCUT2D eigenvalue weighted by atomic mass is 16.6. The maximum absolute atomic E-state index is 12.2. The third-order valence-electron chi connectivity index (χ3n) is 4.81. The second-order valence-electron chi connectivity index (χ2n) is 6.96. The molecule has 1 aliphatic heterocycles. The number of benzene rings is 2. The predicted molar refractivity (Wildman–Crippen MR) is 103 cm³/mol. The molecule has 1 fully saturated rings. The Hall–Kier alpha value is -3.18. The summed E-state index contributed by atoms with van der Waals surface area (Å²) in [6, 6.07) is 11.1. The molecule has 2 aromatic rings. The number of ether oxygens (including phenoxy) is 1. The quantitative estimate of drug-likeness (QED) is 0.316. The Bertz CT molecular complexity index is 937. The van der Waals surface area contributed by atoms with E-state index in [1.807, 2.05) is 0 Å². The lowest BCUT2D eigenvalue weighted by Gasteiger charge is -2.28. The lowest BCUT2D eigenvalue weighted by atomic mass is 9.94. The van der Waals surface area contributed by atoms with E-state index in [9.17, 15) is 35.1 Å². The van der Waals surface area contributed by atoms with Gasteiger partial charge in [-0.25, -0.2) is 0 Å². The van der Waals surface area contributed by atoms with Crippen LogP contribution in [0.3, 0.4) is 0 Å². The average molecular weight is 418 g/mol. The molecular weight excluding hydrogens is 396 g/mol. The smallest absolute Gasteiger partial charge is 0.251 e. The molecule has 7 N–H and O–H groups in total. The second kappa shape index (κ2) is 8.67. The average Bonchev–Trinajstić information content (AvgIpc) is 2.94. The van der Waals surface area contributed by atoms with Crippen LogP contribution in [0.4, 0.5) is 0 Å². The van der Waals surface area contributed by atoms with Gasteiger partial charge in [-0.1, -0.05) is 12.1 Å². The molecule has 0 radical (unpaired) electrons. The van der Waals surface area contributed by atoms with Gasteiger partial charge >= 0.3 is 0 Å². The van der Waals surface area contributed by atoms with E-state index in [1.165, 1.54) is 48.5 Å². The second-order valence-corrected chi connectivity index (χ2v) is 6.96. The molecule has 0 saturated carbocycles. The zero-order chi connectivity index (χ0) is 21.9. The number of aromatic hydroxyl groups is 2. The molecule has 160 valence electrons. The molecule has 10 heteroatoms. The van der Waals surface area contributed by atoms with Gasteiger partial charge in [0, 0.05) is 17.7 Å². The Morgan fingerprint density at radius 1 is 0.933 bits per heavy atom. The highest BCUT2D eigenvalue weighted by molar-refractivity contribution is 5.95. The van der Waals surface area contributed by atoms with Crippen molar-refractivity contribution >= 4 is 11.8 Å². The number of phenols is 2. The van der Waals surface area contributed by atoms with Crippen LogP contribution in [0.1, 0.15) is 20.7 Å². The van der Waals surface area contributed by atoms with Crippen molar-refractivity contribution in [2.24, 2.45) is 0 Å². The zero-order valence-corrected chi connectivity index (χ0v) is 15.7. The minimum absolute atomic E-state index is 0.0907. The Balaban J connectivity index is 1.59. The van der Waals surface area contributed by atoms with Gasteiger partial charge in [-0.05, 0) is 36.4 Å². The Kier molecular flexibility index (Phi) is 6.22. The minimum atomic E-state index is -2.22. The Labute approximate surface area is 171 Å². The first-order chi connectivity index (χ1) is 14.2. The van der Waals surface area contributed by atoms with E-state index in [2.05, 4.69) is 10.6 Å². The van der Waals surface area contributed by atoms with E-state index in [1.54, 1.807) is 0 Å². The van der Waals surface area contributed by atoms with E-state index in [0.717, 1.165) is 0 Å². The molecule has 0 spiro atoms. The van der Waals surface area contributed by atoms with Gasteiger partial charge in [0.25, 0.3) is 11.8 Å². The molecule has 1 heterocycles. The minimum Gasteiger partial charge on any atom is -0.508 e. The lowest BCUT2D eigenvalue weighted by Crippen LogP contribution is -2.56. The van der Waals surface area contributed by atoms with Gasteiger partial charge < -0.3 is 40.9 Å². The van der Waals surface area contributed by atoms with Crippen LogP contribution in [0.15, 0.2) is 48.5 Å². The summed E-state index contributed by atoms with van der Waals surface area (Å²) >= 11 is 0. The number of phenolic OH excluding ortho intramolecular Hbond substituents is 2. The van der Waals surface area contributed by atoms with Crippen LogP contribution in [0.5, 0.6) is 11.5 Å². The Morgan fingerprint density at radius 3 is 2.00 bits per heavy atom. The molecule has 2 amide bonds. The van der Waals surface area contributed by atoms with Crippen molar-refractivity contribution in [2.45, 2.75) is 24.1 Å². The van der Waals surface area contributed by atoms with Crippen LogP contribution < -0.4 is 10.6 Å². The van der Waals surface area contributed by atoms with Gasteiger partial charge in [0.05, 0.1) is 6.54 Å². The molecule has 30 heavy (non-hydrogen) atoms. The number of hydrogen-bond acceptors (Lipinski definition) is 8. The zero-order valence-electron chi connectivity index (χ0n) is 15.7. The van der Waals surface area contributed by atoms with E-state index in [0.29, 0.717) is 0 Å². The molecule has 1 aliphatic rings. The normalized spacial score (nSPS) is 25.6. The standard InChI is InChI=1S/C20H22N2O8/c23-13-5-1-3-11(7-13)17(26)21-9-15-16(25)20(29,19(28)30-15)10-22-18(27)12-4-2-6-14(24)8-12/h1-8,15-16,19,23-25,28-29H,9-10H2,(H,21,26)(H,22,27)/t15-,16-,19?,20-/m1/s1. The lowest BCUT2D eigenvalue weighted by molar-refractivity contribution is -0.172. The molecule has 0 aromatic heterocycles. The molecular formula is C20H22N2O8. The number of amides is 2. The third-order valence-corrected chi connectivity index (χ3v) is 4.81. The van der Waals surface area contributed by atoms with Crippen LogP contribution in [0, 0.1) is 0 Å². The van der Waals surface area contributed by atoms with Crippen LogP contribution in [0.25, 0.3) is 0 Å². The molecule has 10 nitrogen and oxygen atoms in total. The first kappa shape index (κ1) is 21.5. The van der Waals surface area contributed by atoms with Crippen molar-refractivity contribution in [3.8, 4) is 11.5 Å². The first-order valence-corrected chi connectivity index (χ1v) is 9.09. The Morgan fingerprint density at radius 2 is 1.47 bits per heavy atom. The highest BCUT2D eigenvalue weighted by Gasteiger charge is 2.55. The summed E-state index contributed by atoms with van der Waals surface area (Å²) in [6.07, 6.45) is -4.59. The molecule has 4 atom stereocenters. The summed E-state index contributed by atoms with van der Waals surface area (Å²) in [4.78, 5) is 24.3. The van der Waals surface area contributed by atoms with Gasteiger partial charge in [0.15, 0.2) is 11.9 Å². The molecule has 1 saturated heterocycles. The van der Waals surface area contributed by atoms with Crippen molar-refractivity contribution in [1.29, 1.82) is 0 Å². The summed E-state index contributed by atoms with van der Waals surface area (Å²) in [5.74, 6) is -1.40.